The fraction of sp³-hybridized carbons (Fsp3) is 0.750. The van der Waals surface area contributed by atoms with Crippen LogP contribution in [-0.2, 0) is 14.4 Å². The summed E-state index contributed by atoms with van der Waals surface area (Å²) in [6.45, 7) is -0.236. The van der Waals surface area contributed by atoms with Crippen LogP contribution >= 0.6 is 8.60 Å². The van der Waals surface area contributed by atoms with Gasteiger partial charge in [-0.25, -0.2) is 4.89 Å². The standard InChI is InChI=1S/C4H11N2O5P/c1-6-4(7)3(5)2-10-11-12(8)9/h3,8-9H,2,5H2,1H3,(H,6,7). The Bertz CT molecular complexity index is 143. The van der Waals surface area contributed by atoms with Crippen molar-refractivity contribution in [2.45, 2.75) is 6.04 Å². The maximum Gasteiger partial charge on any atom is 0.357 e. The molecular weight excluding hydrogens is 187 g/mol. The topological polar surface area (TPSA) is 114 Å². The normalized spacial score (nSPS) is 13.1. The molecule has 1 amide bonds. The van der Waals surface area contributed by atoms with E-state index in [9.17, 15) is 4.79 Å². The van der Waals surface area contributed by atoms with Crippen molar-refractivity contribution in [2.75, 3.05) is 13.7 Å². The van der Waals surface area contributed by atoms with Crippen LogP contribution in [0, 0.1) is 0 Å². The lowest BCUT2D eigenvalue weighted by Gasteiger charge is -2.09. The van der Waals surface area contributed by atoms with Crippen LogP contribution in [0.15, 0.2) is 0 Å². The lowest BCUT2D eigenvalue weighted by atomic mass is 10.3. The number of amides is 1. The first kappa shape index (κ1) is 11.7. The van der Waals surface area contributed by atoms with E-state index in [0.717, 1.165) is 0 Å². The van der Waals surface area contributed by atoms with Gasteiger partial charge in [-0.1, -0.05) is 0 Å². The molecule has 12 heavy (non-hydrogen) atoms. The molecule has 0 aromatic carbocycles. The lowest BCUT2D eigenvalue weighted by molar-refractivity contribution is -0.216. The average Bonchev–Trinajstić information content (AvgIpc) is 2.02. The van der Waals surface area contributed by atoms with Gasteiger partial charge < -0.3 is 20.8 Å². The Morgan fingerprint density at radius 2 is 2.33 bits per heavy atom. The van der Waals surface area contributed by atoms with E-state index in [2.05, 4.69) is 14.9 Å². The van der Waals surface area contributed by atoms with Crippen LogP contribution < -0.4 is 11.1 Å². The molecule has 5 N–H and O–H groups in total. The summed E-state index contributed by atoms with van der Waals surface area (Å²) in [6, 6.07) is -0.884. The van der Waals surface area contributed by atoms with E-state index in [-0.39, 0.29) is 6.61 Å². The molecule has 8 heteroatoms. The summed E-state index contributed by atoms with van der Waals surface area (Å²) in [6.07, 6.45) is 0. The molecule has 0 rings (SSSR count). The van der Waals surface area contributed by atoms with Crippen molar-refractivity contribution in [2.24, 2.45) is 5.73 Å². The van der Waals surface area contributed by atoms with Crippen LogP contribution in [0.5, 0.6) is 0 Å². The van der Waals surface area contributed by atoms with Crippen molar-refractivity contribution in [3.8, 4) is 0 Å². The van der Waals surface area contributed by atoms with Gasteiger partial charge in [-0.05, 0) is 0 Å². The van der Waals surface area contributed by atoms with Crippen LogP contribution in [0.4, 0.5) is 0 Å². The molecule has 0 bridgehead atoms. The fourth-order valence-corrected chi connectivity index (χ4v) is 0.567. The van der Waals surface area contributed by atoms with Gasteiger partial charge in [-0.3, -0.25) is 4.79 Å². The van der Waals surface area contributed by atoms with E-state index in [1.54, 1.807) is 0 Å². The van der Waals surface area contributed by atoms with E-state index in [4.69, 9.17) is 15.5 Å². The number of carbonyl (C=O) groups excluding carboxylic acids is 1. The van der Waals surface area contributed by atoms with Gasteiger partial charge in [0.15, 0.2) is 0 Å². The van der Waals surface area contributed by atoms with Crippen LogP contribution in [-0.4, -0.2) is 35.4 Å². The van der Waals surface area contributed by atoms with Crippen LogP contribution in [0.2, 0.25) is 0 Å². The van der Waals surface area contributed by atoms with Gasteiger partial charge in [0.1, 0.15) is 12.6 Å². The minimum Gasteiger partial charge on any atom is -0.358 e. The summed E-state index contributed by atoms with van der Waals surface area (Å²) in [5.74, 6) is -0.418. The Morgan fingerprint density at radius 1 is 1.75 bits per heavy atom. The highest BCUT2D eigenvalue weighted by Gasteiger charge is 2.12. The van der Waals surface area contributed by atoms with Crippen molar-refractivity contribution >= 4 is 14.5 Å². The number of hydrogen-bond donors (Lipinski definition) is 4. The van der Waals surface area contributed by atoms with Crippen molar-refractivity contribution < 1.29 is 24.1 Å². The van der Waals surface area contributed by atoms with Gasteiger partial charge >= 0.3 is 8.60 Å². The first-order chi connectivity index (χ1) is 5.57. The van der Waals surface area contributed by atoms with E-state index in [1.165, 1.54) is 7.05 Å². The molecule has 0 spiro atoms. The zero-order valence-electron chi connectivity index (χ0n) is 6.43. The Balaban J connectivity index is 3.43. The minimum atomic E-state index is -2.56. The molecule has 0 aromatic rings. The highest BCUT2D eigenvalue weighted by atomic mass is 31.2. The molecule has 0 aliphatic heterocycles. The summed E-state index contributed by atoms with van der Waals surface area (Å²) < 4.78 is 3.92. The van der Waals surface area contributed by atoms with Gasteiger partial charge in [0.05, 0.1) is 0 Å². The highest BCUT2D eigenvalue weighted by molar-refractivity contribution is 7.39. The number of rotatable bonds is 5. The van der Waals surface area contributed by atoms with Crippen molar-refractivity contribution in [3.63, 3.8) is 0 Å². The Hall–Kier alpha value is -0.300. The maximum atomic E-state index is 10.7. The van der Waals surface area contributed by atoms with E-state index in [0.29, 0.717) is 0 Å². The molecule has 0 saturated carbocycles. The number of carbonyl (C=O) groups is 1. The van der Waals surface area contributed by atoms with E-state index < -0.39 is 20.6 Å². The molecule has 0 fully saturated rings. The van der Waals surface area contributed by atoms with Crippen molar-refractivity contribution in [3.05, 3.63) is 0 Å². The number of nitrogens with one attached hydrogen (secondary N) is 1. The zero-order chi connectivity index (χ0) is 9.56. The minimum absolute atomic E-state index is 0.236. The summed E-state index contributed by atoms with van der Waals surface area (Å²) in [7, 11) is -1.14. The number of nitrogens with two attached hydrogens (primary N) is 1. The Labute approximate surface area is 70.4 Å². The van der Waals surface area contributed by atoms with Gasteiger partial charge in [0, 0.05) is 7.05 Å². The molecule has 0 saturated heterocycles. The molecular formula is C4H11N2O5P. The Kier molecular flexibility index (Phi) is 6.09. The summed E-state index contributed by atoms with van der Waals surface area (Å²) >= 11 is 0. The Morgan fingerprint density at radius 3 is 2.75 bits per heavy atom. The summed E-state index contributed by atoms with van der Waals surface area (Å²) in [5.41, 5.74) is 5.24. The quantitative estimate of drug-likeness (QED) is 0.236. The van der Waals surface area contributed by atoms with Crippen molar-refractivity contribution in [1.29, 1.82) is 0 Å². The maximum absolute atomic E-state index is 10.7. The predicted molar refractivity (Wildman–Crippen MR) is 40.4 cm³/mol. The number of hydrogen-bond acceptors (Lipinski definition) is 6. The molecule has 1 atom stereocenters. The fourth-order valence-electron chi connectivity index (χ4n) is 0.412. The highest BCUT2D eigenvalue weighted by Crippen LogP contribution is 2.24. The molecule has 1 unspecified atom stereocenters. The molecule has 0 heterocycles. The van der Waals surface area contributed by atoms with Gasteiger partial charge in [-0.15, -0.1) is 0 Å². The smallest absolute Gasteiger partial charge is 0.357 e. The molecule has 7 nitrogen and oxygen atoms in total. The van der Waals surface area contributed by atoms with Crippen molar-refractivity contribution in [1.82, 2.24) is 5.32 Å². The van der Waals surface area contributed by atoms with E-state index in [1.807, 2.05) is 0 Å². The second-order valence-corrected chi connectivity index (χ2v) is 2.49. The molecule has 0 radical (unpaired) electrons. The second kappa shape index (κ2) is 6.24. The largest absolute Gasteiger partial charge is 0.358 e. The first-order valence-electron chi connectivity index (χ1n) is 3.02. The summed E-state index contributed by atoms with van der Waals surface area (Å²) in [4.78, 5) is 31.3. The third kappa shape index (κ3) is 5.36. The molecule has 0 aliphatic rings. The van der Waals surface area contributed by atoms with Gasteiger partial charge in [0.25, 0.3) is 0 Å². The van der Waals surface area contributed by atoms with Gasteiger partial charge in [0.2, 0.25) is 5.91 Å². The molecule has 0 aliphatic carbocycles. The SMILES string of the molecule is CNC(=O)C(N)COOP(O)O. The number of likely N-dealkylation sites (N-methyl/N-ethyl adjacent to an activating group) is 1. The lowest BCUT2D eigenvalue weighted by Crippen LogP contribution is -2.41. The first-order valence-corrected chi connectivity index (χ1v) is 4.19. The molecule has 72 valence electrons. The third-order valence-corrected chi connectivity index (χ3v) is 1.19. The van der Waals surface area contributed by atoms with Crippen LogP contribution in [0.1, 0.15) is 0 Å². The third-order valence-electron chi connectivity index (χ3n) is 0.950. The zero-order valence-corrected chi connectivity index (χ0v) is 7.32. The second-order valence-electron chi connectivity index (χ2n) is 1.83. The monoisotopic (exact) mass is 198 g/mol. The summed E-state index contributed by atoms with van der Waals surface area (Å²) in [5, 5.41) is 2.28. The van der Waals surface area contributed by atoms with E-state index >= 15 is 0 Å². The predicted octanol–water partition coefficient (Wildman–Crippen LogP) is -1.78. The van der Waals surface area contributed by atoms with Crippen LogP contribution in [0.25, 0.3) is 0 Å². The van der Waals surface area contributed by atoms with Gasteiger partial charge in [-0.2, -0.15) is 4.67 Å². The van der Waals surface area contributed by atoms with Crippen LogP contribution in [0.3, 0.4) is 0 Å². The molecule has 0 aromatic heterocycles. The average molecular weight is 198 g/mol.